The smallest absolute Gasteiger partial charge is 0.311 e. The van der Waals surface area contributed by atoms with Gasteiger partial charge in [-0.25, -0.2) is 0 Å². The Kier molecular flexibility index (Phi) is 6.24. The fourth-order valence-corrected chi connectivity index (χ4v) is 1.49. The van der Waals surface area contributed by atoms with E-state index >= 15 is 0 Å². The van der Waals surface area contributed by atoms with Gasteiger partial charge in [-0.05, 0) is 11.6 Å². The van der Waals surface area contributed by atoms with Gasteiger partial charge >= 0.3 is 5.69 Å². The van der Waals surface area contributed by atoms with Crippen molar-refractivity contribution in [1.29, 1.82) is 0 Å². The Morgan fingerprint density at radius 1 is 1.37 bits per heavy atom. The Morgan fingerprint density at radius 3 is 2.68 bits per heavy atom. The van der Waals surface area contributed by atoms with E-state index in [0.717, 1.165) is 5.56 Å². The second-order valence-electron chi connectivity index (χ2n) is 4.44. The Bertz CT molecular complexity index is 421. The van der Waals surface area contributed by atoms with Crippen molar-refractivity contribution in [3.8, 4) is 5.75 Å². The molecular weight excluding hydrogens is 248 g/mol. The lowest BCUT2D eigenvalue weighted by Crippen LogP contribution is -2.21. The van der Waals surface area contributed by atoms with Crippen LogP contribution in [0.3, 0.4) is 0 Å². The number of nitro benzene ring substituents is 1. The lowest BCUT2D eigenvalue weighted by molar-refractivity contribution is -0.386. The van der Waals surface area contributed by atoms with Crippen molar-refractivity contribution in [2.45, 2.75) is 26.4 Å². The quantitative estimate of drug-likeness (QED) is 0.444. The van der Waals surface area contributed by atoms with E-state index in [9.17, 15) is 10.1 Å². The van der Waals surface area contributed by atoms with Crippen molar-refractivity contribution in [3.63, 3.8) is 0 Å². The number of nitro groups is 1. The number of ether oxygens (including phenoxy) is 2. The fraction of sp³-hybridized carbons (Fsp3) is 0.538. The molecule has 0 amide bonds. The maximum Gasteiger partial charge on any atom is 0.311 e. The fourth-order valence-electron chi connectivity index (χ4n) is 1.49. The van der Waals surface area contributed by atoms with E-state index in [4.69, 9.17) is 9.47 Å². The number of methoxy groups -OCH3 is 1. The zero-order chi connectivity index (χ0) is 14.3. The highest BCUT2D eigenvalue weighted by atomic mass is 16.6. The predicted molar refractivity (Wildman–Crippen MR) is 72.4 cm³/mol. The third kappa shape index (κ3) is 5.23. The molecule has 0 saturated heterocycles. The van der Waals surface area contributed by atoms with Crippen molar-refractivity contribution in [2.24, 2.45) is 0 Å². The van der Waals surface area contributed by atoms with Crippen LogP contribution in [0.15, 0.2) is 18.2 Å². The molecule has 0 aliphatic carbocycles. The van der Waals surface area contributed by atoms with E-state index in [0.29, 0.717) is 25.8 Å². The summed E-state index contributed by atoms with van der Waals surface area (Å²) >= 11 is 0. The van der Waals surface area contributed by atoms with Gasteiger partial charge in [0, 0.05) is 25.8 Å². The van der Waals surface area contributed by atoms with E-state index in [1.54, 1.807) is 13.2 Å². The number of rotatable bonds is 8. The molecule has 0 aliphatic rings. The summed E-state index contributed by atoms with van der Waals surface area (Å²) in [6, 6.07) is 5.32. The van der Waals surface area contributed by atoms with Crippen molar-refractivity contribution >= 4 is 5.69 Å². The van der Waals surface area contributed by atoms with Crippen LogP contribution in [0.1, 0.15) is 19.4 Å². The maximum absolute atomic E-state index is 11.0. The summed E-state index contributed by atoms with van der Waals surface area (Å²) in [5.41, 5.74) is 0.846. The van der Waals surface area contributed by atoms with Gasteiger partial charge in [-0.15, -0.1) is 0 Å². The first-order valence-electron chi connectivity index (χ1n) is 6.17. The highest BCUT2D eigenvalue weighted by Gasteiger charge is 2.15. The van der Waals surface area contributed by atoms with Crippen molar-refractivity contribution in [1.82, 2.24) is 5.32 Å². The number of nitrogens with one attached hydrogen (secondary N) is 1. The van der Waals surface area contributed by atoms with Crippen molar-refractivity contribution in [2.75, 3.05) is 20.3 Å². The zero-order valence-electron chi connectivity index (χ0n) is 11.5. The molecule has 6 nitrogen and oxygen atoms in total. The van der Waals surface area contributed by atoms with Crippen molar-refractivity contribution < 1.29 is 14.4 Å². The van der Waals surface area contributed by atoms with E-state index in [2.05, 4.69) is 5.32 Å². The van der Waals surface area contributed by atoms with Crippen LogP contribution in [-0.4, -0.2) is 31.3 Å². The molecule has 19 heavy (non-hydrogen) atoms. The normalized spacial score (nSPS) is 10.7. The van der Waals surface area contributed by atoms with Crippen LogP contribution in [0.2, 0.25) is 0 Å². The second-order valence-corrected chi connectivity index (χ2v) is 4.44. The first kappa shape index (κ1) is 15.4. The summed E-state index contributed by atoms with van der Waals surface area (Å²) in [5.74, 6) is 0.273. The lowest BCUT2D eigenvalue weighted by Gasteiger charge is -2.10. The molecule has 0 aromatic heterocycles. The Hall–Kier alpha value is -1.66. The van der Waals surface area contributed by atoms with Gasteiger partial charge in [-0.2, -0.15) is 0 Å². The summed E-state index contributed by atoms with van der Waals surface area (Å²) < 4.78 is 10.2. The molecule has 0 atom stereocenters. The third-order valence-corrected chi connectivity index (χ3v) is 2.48. The Morgan fingerprint density at radius 2 is 2.11 bits per heavy atom. The van der Waals surface area contributed by atoms with E-state index in [1.807, 2.05) is 19.9 Å². The minimum atomic E-state index is -0.430. The van der Waals surface area contributed by atoms with Gasteiger partial charge < -0.3 is 14.8 Å². The molecule has 1 aromatic rings. The molecule has 0 bridgehead atoms. The second kappa shape index (κ2) is 7.70. The monoisotopic (exact) mass is 268 g/mol. The largest absolute Gasteiger partial charge is 0.484 e. The molecule has 0 aliphatic heterocycles. The van der Waals surface area contributed by atoms with Crippen LogP contribution >= 0.6 is 0 Å². The zero-order valence-corrected chi connectivity index (χ0v) is 11.5. The van der Waals surface area contributed by atoms with E-state index in [1.165, 1.54) is 6.07 Å². The predicted octanol–water partition coefficient (Wildman–Crippen LogP) is 2.12. The molecule has 0 radical (unpaired) electrons. The standard InChI is InChI=1S/C13H20N2O4/c1-10(2)14-9-11-4-5-13(19-7-6-18-3)12(8-11)15(16)17/h4-5,8,10,14H,6-7,9H2,1-3H3. The van der Waals surface area contributed by atoms with Gasteiger partial charge in [0.15, 0.2) is 5.75 Å². The molecule has 6 heteroatoms. The summed E-state index contributed by atoms with van der Waals surface area (Å²) in [6.07, 6.45) is 0. The molecular formula is C13H20N2O4. The topological polar surface area (TPSA) is 73.6 Å². The number of hydrogen-bond donors (Lipinski definition) is 1. The average Bonchev–Trinajstić information content (AvgIpc) is 2.37. The van der Waals surface area contributed by atoms with Crippen molar-refractivity contribution in [3.05, 3.63) is 33.9 Å². The summed E-state index contributed by atoms with van der Waals surface area (Å²) in [5, 5.41) is 14.2. The minimum Gasteiger partial charge on any atom is -0.484 e. The molecule has 0 spiro atoms. The van der Waals surface area contributed by atoms with Gasteiger partial charge in [0.05, 0.1) is 11.5 Å². The summed E-state index contributed by atoms with van der Waals surface area (Å²) in [6.45, 7) is 5.33. The average molecular weight is 268 g/mol. The highest BCUT2D eigenvalue weighted by Crippen LogP contribution is 2.27. The maximum atomic E-state index is 11.0. The molecule has 1 aromatic carbocycles. The molecule has 0 heterocycles. The summed E-state index contributed by atoms with van der Waals surface area (Å²) in [4.78, 5) is 10.6. The number of hydrogen-bond acceptors (Lipinski definition) is 5. The van der Waals surface area contributed by atoms with Gasteiger partial charge in [-0.3, -0.25) is 10.1 Å². The highest BCUT2D eigenvalue weighted by molar-refractivity contribution is 5.48. The van der Waals surface area contributed by atoms with Crippen LogP contribution in [0.25, 0.3) is 0 Å². The Balaban J connectivity index is 2.79. The molecule has 1 N–H and O–H groups in total. The number of nitrogens with zero attached hydrogens (tertiary/aromatic N) is 1. The first-order valence-corrected chi connectivity index (χ1v) is 6.17. The van der Waals surface area contributed by atoms with Gasteiger partial charge in [-0.1, -0.05) is 19.9 Å². The molecule has 106 valence electrons. The van der Waals surface area contributed by atoms with Gasteiger partial charge in [0.1, 0.15) is 6.61 Å². The Labute approximate surface area is 112 Å². The van der Waals surface area contributed by atoms with Gasteiger partial charge in [0.2, 0.25) is 0 Å². The molecule has 0 fully saturated rings. The van der Waals surface area contributed by atoms with Crippen LogP contribution in [-0.2, 0) is 11.3 Å². The lowest BCUT2D eigenvalue weighted by atomic mass is 10.2. The molecule has 0 saturated carbocycles. The number of benzene rings is 1. The minimum absolute atomic E-state index is 0.0147. The van der Waals surface area contributed by atoms with Crippen LogP contribution in [0.5, 0.6) is 5.75 Å². The SMILES string of the molecule is COCCOc1ccc(CNC(C)C)cc1[N+](=O)[O-]. The van der Waals surface area contributed by atoms with E-state index < -0.39 is 4.92 Å². The third-order valence-electron chi connectivity index (χ3n) is 2.48. The molecule has 0 unspecified atom stereocenters. The van der Waals surface area contributed by atoms with Crippen LogP contribution < -0.4 is 10.1 Å². The molecule has 1 rings (SSSR count). The summed E-state index contributed by atoms with van der Waals surface area (Å²) in [7, 11) is 1.55. The first-order chi connectivity index (χ1) is 9.04. The van der Waals surface area contributed by atoms with E-state index in [-0.39, 0.29) is 11.4 Å². The van der Waals surface area contributed by atoms with Crippen LogP contribution in [0, 0.1) is 10.1 Å². The van der Waals surface area contributed by atoms with Crippen LogP contribution in [0.4, 0.5) is 5.69 Å². The van der Waals surface area contributed by atoms with Gasteiger partial charge in [0.25, 0.3) is 0 Å².